The van der Waals surface area contributed by atoms with Crippen LogP contribution in [-0.4, -0.2) is 16.8 Å². The van der Waals surface area contributed by atoms with Crippen molar-refractivity contribution in [2.24, 2.45) is 0 Å². The number of nitrogens with two attached hydrogens (primary N) is 1. The Kier molecular flexibility index (Phi) is 4.36. The summed E-state index contributed by atoms with van der Waals surface area (Å²) in [5, 5.41) is 18.2. The Morgan fingerprint density at radius 3 is 2.41 bits per heavy atom. The number of aliphatic hydroxyl groups excluding tert-OH is 2. The summed E-state index contributed by atoms with van der Waals surface area (Å²) in [6.45, 7) is -0.0857. The molecular formula is C11H14F3NO2. The van der Waals surface area contributed by atoms with Crippen molar-refractivity contribution in [3.63, 3.8) is 0 Å². The molecule has 1 rings (SSSR count). The Labute approximate surface area is 96.7 Å². The van der Waals surface area contributed by atoms with Gasteiger partial charge in [0.2, 0.25) is 0 Å². The third-order valence-electron chi connectivity index (χ3n) is 2.41. The Morgan fingerprint density at radius 1 is 1.29 bits per heavy atom. The van der Waals surface area contributed by atoms with Gasteiger partial charge in [-0.1, -0.05) is 6.07 Å². The molecule has 1 unspecified atom stereocenters. The van der Waals surface area contributed by atoms with Crippen LogP contribution in [0.1, 0.15) is 30.1 Å². The van der Waals surface area contributed by atoms with E-state index in [9.17, 15) is 18.3 Å². The average Bonchev–Trinajstić information content (AvgIpc) is 2.24. The van der Waals surface area contributed by atoms with E-state index in [1.165, 1.54) is 6.07 Å². The molecule has 1 atom stereocenters. The number of nitrogen functional groups attached to an aromatic ring is 1. The maximum absolute atomic E-state index is 12.4. The summed E-state index contributed by atoms with van der Waals surface area (Å²) < 4.78 is 37.1. The molecule has 0 heterocycles. The van der Waals surface area contributed by atoms with Crippen LogP contribution in [0.4, 0.5) is 18.9 Å². The van der Waals surface area contributed by atoms with Crippen LogP contribution in [0.3, 0.4) is 0 Å². The molecule has 0 saturated heterocycles. The summed E-state index contributed by atoms with van der Waals surface area (Å²) in [4.78, 5) is 0. The highest BCUT2D eigenvalue weighted by atomic mass is 19.4. The van der Waals surface area contributed by atoms with Crippen molar-refractivity contribution in [3.05, 3.63) is 29.3 Å². The fourth-order valence-corrected chi connectivity index (χ4v) is 1.49. The summed E-state index contributed by atoms with van der Waals surface area (Å²) in [5.74, 6) is 0. The molecule has 4 N–H and O–H groups in total. The van der Waals surface area contributed by atoms with Crippen molar-refractivity contribution < 1.29 is 23.4 Å². The molecule has 0 bridgehead atoms. The molecule has 1 aromatic rings. The Morgan fingerprint density at radius 2 is 1.94 bits per heavy atom. The SMILES string of the molecule is Nc1cc(C(F)(F)F)ccc1C(O)CCCO. The molecule has 0 aliphatic carbocycles. The number of rotatable bonds is 4. The van der Waals surface area contributed by atoms with Crippen molar-refractivity contribution in [2.45, 2.75) is 25.1 Å². The molecule has 0 fully saturated rings. The van der Waals surface area contributed by atoms with Crippen LogP contribution in [-0.2, 0) is 6.18 Å². The molecule has 0 spiro atoms. The van der Waals surface area contributed by atoms with Crippen molar-refractivity contribution >= 4 is 5.69 Å². The number of hydrogen-bond donors (Lipinski definition) is 3. The van der Waals surface area contributed by atoms with E-state index in [-0.39, 0.29) is 24.3 Å². The second-order valence-corrected chi connectivity index (χ2v) is 3.72. The fraction of sp³-hybridized carbons (Fsp3) is 0.455. The molecule has 0 aliphatic rings. The Bertz CT molecular complexity index is 379. The van der Waals surface area contributed by atoms with E-state index < -0.39 is 17.8 Å². The molecule has 17 heavy (non-hydrogen) atoms. The van der Waals surface area contributed by atoms with E-state index in [0.29, 0.717) is 6.42 Å². The second-order valence-electron chi connectivity index (χ2n) is 3.72. The van der Waals surface area contributed by atoms with Gasteiger partial charge in [0, 0.05) is 17.9 Å². The summed E-state index contributed by atoms with van der Waals surface area (Å²) in [7, 11) is 0. The van der Waals surface area contributed by atoms with E-state index >= 15 is 0 Å². The third kappa shape index (κ3) is 3.61. The molecule has 3 nitrogen and oxygen atoms in total. The minimum atomic E-state index is -4.44. The van der Waals surface area contributed by atoms with Gasteiger partial charge in [0.05, 0.1) is 11.7 Å². The van der Waals surface area contributed by atoms with Gasteiger partial charge in [-0.25, -0.2) is 0 Å². The van der Waals surface area contributed by atoms with Gasteiger partial charge in [-0.05, 0) is 25.0 Å². The van der Waals surface area contributed by atoms with Crippen molar-refractivity contribution in [3.8, 4) is 0 Å². The van der Waals surface area contributed by atoms with Crippen LogP contribution in [0.15, 0.2) is 18.2 Å². The minimum absolute atomic E-state index is 0.0857. The van der Waals surface area contributed by atoms with E-state index in [2.05, 4.69) is 0 Å². The molecule has 0 saturated carbocycles. The zero-order chi connectivity index (χ0) is 13.1. The maximum atomic E-state index is 12.4. The zero-order valence-corrected chi connectivity index (χ0v) is 9.04. The lowest BCUT2D eigenvalue weighted by Crippen LogP contribution is -2.09. The monoisotopic (exact) mass is 249 g/mol. The van der Waals surface area contributed by atoms with E-state index in [1.54, 1.807) is 0 Å². The van der Waals surface area contributed by atoms with E-state index in [4.69, 9.17) is 10.8 Å². The van der Waals surface area contributed by atoms with Crippen molar-refractivity contribution in [1.29, 1.82) is 0 Å². The molecule has 0 amide bonds. The largest absolute Gasteiger partial charge is 0.416 e. The summed E-state index contributed by atoms with van der Waals surface area (Å²) in [5.41, 5.74) is 4.79. The topological polar surface area (TPSA) is 66.5 Å². The first-order valence-corrected chi connectivity index (χ1v) is 5.12. The summed E-state index contributed by atoms with van der Waals surface area (Å²) >= 11 is 0. The van der Waals surface area contributed by atoms with Crippen LogP contribution in [0, 0.1) is 0 Å². The van der Waals surface area contributed by atoms with Gasteiger partial charge in [0.25, 0.3) is 0 Å². The zero-order valence-electron chi connectivity index (χ0n) is 9.04. The lowest BCUT2D eigenvalue weighted by molar-refractivity contribution is -0.137. The minimum Gasteiger partial charge on any atom is -0.398 e. The highest BCUT2D eigenvalue weighted by Crippen LogP contribution is 2.33. The lowest BCUT2D eigenvalue weighted by Gasteiger charge is -2.15. The average molecular weight is 249 g/mol. The first-order chi connectivity index (χ1) is 7.86. The number of aliphatic hydroxyl groups is 2. The van der Waals surface area contributed by atoms with E-state index in [0.717, 1.165) is 12.1 Å². The number of hydrogen-bond acceptors (Lipinski definition) is 3. The molecule has 0 aromatic heterocycles. The number of benzene rings is 1. The standard InChI is InChI=1S/C11H14F3NO2/c12-11(13,14)7-3-4-8(9(15)6-7)10(17)2-1-5-16/h3-4,6,10,16-17H,1-2,5,15H2. The van der Waals surface area contributed by atoms with Gasteiger partial charge in [0.1, 0.15) is 0 Å². The summed E-state index contributed by atoms with van der Waals surface area (Å²) in [6, 6.07) is 2.85. The predicted molar refractivity (Wildman–Crippen MR) is 57.1 cm³/mol. The smallest absolute Gasteiger partial charge is 0.398 e. The van der Waals surface area contributed by atoms with Gasteiger partial charge in [-0.3, -0.25) is 0 Å². The number of anilines is 1. The first kappa shape index (κ1) is 13.8. The molecule has 6 heteroatoms. The maximum Gasteiger partial charge on any atom is 0.416 e. The van der Waals surface area contributed by atoms with Gasteiger partial charge in [-0.15, -0.1) is 0 Å². The van der Waals surface area contributed by atoms with Crippen LogP contribution >= 0.6 is 0 Å². The summed E-state index contributed by atoms with van der Waals surface area (Å²) in [6.07, 6.45) is -4.78. The van der Waals surface area contributed by atoms with Crippen LogP contribution in [0.2, 0.25) is 0 Å². The van der Waals surface area contributed by atoms with Crippen molar-refractivity contribution in [2.75, 3.05) is 12.3 Å². The second kappa shape index (κ2) is 5.37. The van der Waals surface area contributed by atoms with Gasteiger partial charge >= 0.3 is 6.18 Å². The first-order valence-electron chi connectivity index (χ1n) is 5.12. The number of alkyl halides is 3. The quantitative estimate of drug-likeness (QED) is 0.716. The molecular weight excluding hydrogens is 235 g/mol. The molecule has 1 aromatic carbocycles. The normalized spacial score (nSPS) is 13.7. The van der Waals surface area contributed by atoms with Crippen LogP contribution in [0.5, 0.6) is 0 Å². The Hall–Kier alpha value is -1.27. The van der Waals surface area contributed by atoms with Gasteiger partial charge in [0.15, 0.2) is 0 Å². The fourth-order valence-electron chi connectivity index (χ4n) is 1.49. The lowest BCUT2D eigenvalue weighted by atomic mass is 10.0. The highest BCUT2D eigenvalue weighted by Gasteiger charge is 2.31. The van der Waals surface area contributed by atoms with E-state index in [1.807, 2.05) is 0 Å². The predicted octanol–water partition coefficient (Wildman–Crippen LogP) is 2.09. The van der Waals surface area contributed by atoms with Crippen LogP contribution in [0.25, 0.3) is 0 Å². The highest BCUT2D eigenvalue weighted by molar-refractivity contribution is 5.50. The third-order valence-corrected chi connectivity index (χ3v) is 2.41. The molecule has 0 aliphatic heterocycles. The van der Waals surface area contributed by atoms with Gasteiger partial charge in [-0.2, -0.15) is 13.2 Å². The van der Waals surface area contributed by atoms with Gasteiger partial charge < -0.3 is 15.9 Å². The van der Waals surface area contributed by atoms with Crippen LogP contribution < -0.4 is 5.73 Å². The molecule has 0 radical (unpaired) electrons. The molecule has 96 valence electrons. The number of halogens is 3. The Balaban J connectivity index is 2.90. The van der Waals surface area contributed by atoms with Crippen molar-refractivity contribution in [1.82, 2.24) is 0 Å².